The molecule has 2 radical (unpaired) electrons. The maximum Gasteiger partial charge on any atom is 0.0890 e. The molecule has 0 amide bonds. The van der Waals surface area contributed by atoms with E-state index in [0.717, 1.165) is 0 Å². The van der Waals surface area contributed by atoms with Crippen LogP contribution in [0.4, 0.5) is 0 Å². The molecule has 0 aromatic carbocycles. The Labute approximate surface area is 118 Å². The van der Waals surface area contributed by atoms with E-state index in [1.54, 1.807) is 9.06 Å². The minimum absolute atomic E-state index is 0.263. The topological polar surface area (TPSA) is 0 Å². The Balaban J connectivity index is 2.02. The van der Waals surface area contributed by atoms with Crippen LogP contribution in [-0.4, -0.2) is 17.6 Å². The van der Waals surface area contributed by atoms with Crippen LogP contribution in [-0.2, 0) is 0 Å². The van der Waals surface area contributed by atoms with E-state index < -0.39 is 0 Å². The molecule has 0 aromatic rings. The maximum absolute atomic E-state index is 2.37. The van der Waals surface area contributed by atoms with E-state index in [0.29, 0.717) is 0 Å². The summed E-state index contributed by atoms with van der Waals surface area (Å²) in [6.45, 7) is 9.48. The first-order valence-corrected chi connectivity index (χ1v) is 13.4. The molecule has 86 valence electrons. The number of hydrogen-bond donors (Lipinski definition) is 0. The Morgan fingerprint density at radius 2 is 1.12 bits per heavy atom. The largest absolute Gasteiger partial charge is 0.0898 e. The van der Waals surface area contributed by atoms with Gasteiger partial charge in [-0.1, -0.05) is 73.2 Å². The molecule has 2 aliphatic heterocycles. The van der Waals surface area contributed by atoms with E-state index >= 15 is 0 Å². The SMILES string of the molecule is C[Si](C)C1=CS/C(=C2/SC=C([Si](C)C)S2)S1. The third-order valence-corrected chi connectivity index (χ3v) is 12.7. The molecule has 0 aromatic heterocycles. The Bertz CT molecular complexity index is 346. The van der Waals surface area contributed by atoms with Crippen LogP contribution in [0.3, 0.4) is 0 Å². The van der Waals surface area contributed by atoms with Crippen molar-refractivity contribution >= 4 is 64.6 Å². The summed E-state index contributed by atoms with van der Waals surface area (Å²) >= 11 is 7.89. The summed E-state index contributed by atoms with van der Waals surface area (Å²) < 4.78 is 6.27. The van der Waals surface area contributed by atoms with Gasteiger partial charge in [-0.05, 0) is 19.9 Å². The molecule has 0 spiro atoms. The number of thioether (sulfide) groups is 4. The first-order valence-electron chi connectivity index (χ1n) is 5.02. The Morgan fingerprint density at radius 3 is 1.38 bits per heavy atom. The normalized spacial score (nSPS) is 25.6. The van der Waals surface area contributed by atoms with Gasteiger partial charge in [0.1, 0.15) is 0 Å². The van der Waals surface area contributed by atoms with E-state index in [2.05, 4.69) is 37.0 Å². The molecule has 0 aliphatic carbocycles. The van der Waals surface area contributed by atoms with Crippen molar-refractivity contribution in [2.45, 2.75) is 26.2 Å². The van der Waals surface area contributed by atoms with E-state index in [-0.39, 0.29) is 17.6 Å². The van der Waals surface area contributed by atoms with Crippen LogP contribution in [0, 0.1) is 0 Å². The maximum atomic E-state index is 2.37. The number of rotatable bonds is 2. The second-order valence-corrected chi connectivity index (χ2v) is 14.2. The van der Waals surface area contributed by atoms with E-state index in [9.17, 15) is 0 Å². The van der Waals surface area contributed by atoms with Gasteiger partial charge >= 0.3 is 0 Å². The first-order chi connectivity index (χ1) is 7.58. The lowest BCUT2D eigenvalue weighted by Gasteiger charge is -2.05. The average molecular weight is 319 g/mol. The second kappa shape index (κ2) is 5.80. The fourth-order valence-corrected chi connectivity index (χ4v) is 10.2. The summed E-state index contributed by atoms with van der Waals surface area (Å²) in [5.41, 5.74) is 0. The lowest BCUT2D eigenvalue weighted by atomic mass is 11.2. The van der Waals surface area contributed by atoms with Gasteiger partial charge in [0.2, 0.25) is 0 Å². The van der Waals surface area contributed by atoms with Gasteiger partial charge in [-0.25, -0.2) is 0 Å². The minimum atomic E-state index is -0.263. The van der Waals surface area contributed by atoms with E-state index in [4.69, 9.17) is 0 Å². The molecule has 6 heteroatoms. The Morgan fingerprint density at radius 1 is 0.750 bits per heavy atom. The summed E-state index contributed by atoms with van der Waals surface area (Å²) in [6.07, 6.45) is 0. The molecule has 0 N–H and O–H groups in total. The zero-order chi connectivity index (χ0) is 11.7. The lowest BCUT2D eigenvalue weighted by Crippen LogP contribution is -2.00. The molecule has 16 heavy (non-hydrogen) atoms. The van der Waals surface area contributed by atoms with Crippen molar-refractivity contribution < 1.29 is 0 Å². The second-order valence-electron chi connectivity index (χ2n) is 3.98. The van der Waals surface area contributed by atoms with Crippen molar-refractivity contribution in [3.63, 3.8) is 0 Å². The zero-order valence-electron chi connectivity index (χ0n) is 9.79. The van der Waals surface area contributed by atoms with Crippen LogP contribution in [0.15, 0.2) is 28.3 Å². The summed E-state index contributed by atoms with van der Waals surface area (Å²) in [7, 11) is -0.526. The molecule has 0 fully saturated rings. The van der Waals surface area contributed by atoms with Crippen LogP contribution in [0.25, 0.3) is 0 Å². The third kappa shape index (κ3) is 3.08. The van der Waals surface area contributed by atoms with E-state index in [1.807, 2.05) is 47.0 Å². The van der Waals surface area contributed by atoms with Crippen molar-refractivity contribution in [1.82, 2.24) is 0 Å². The zero-order valence-corrected chi connectivity index (χ0v) is 15.1. The molecule has 2 aliphatic rings. The fourth-order valence-electron chi connectivity index (χ4n) is 1.13. The molecule has 0 atom stereocenters. The Hall–Kier alpha value is 1.05. The molecule has 0 saturated heterocycles. The van der Waals surface area contributed by atoms with Gasteiger partial charge in [-0.15, -0.1) is 0 Å². The summed E-state index contributed by atoms with van der Waals surface area (Å²) in [6, 6.07) is 0. The van der Waals surface area contributed by atoms with Crippen molar-refractivity contribution in [3.05, 3.63) is 28.3 Å². The summed E-state index contributed by atoms with van der Waals surface area (Å²) in [5.74, 6) is 0. The van der Waals surface area contributed by atoms with Gasteiger partial charge in [0, 0.05) is 0 Å². The van der Waals surface area contributed by atoms with Crippen LogP contribution in [0.5, 0.6) is 0 Å². The van der Waals surface area contributed by atoms with Gasteiger partial charge in [0.15, 0.2) is 0 Å². The van der Waals surface area contributed by atoms with Gasteiger partial charge in [-0.3, -0.25) is 0 Å². The van der Waals surface area contributed by atoms with Crippen molar-refractivity contribution in [1.29, 1.82) is 0 Å². The predicted molar refractivity (Wildman–Crippen MR) is 88.5 cm³/mol. The Kier molecular flexibility index (Phi) is 4.88. The van der Waals surface area contributed by atoms with Crippen LogP contribution in [0.2, 0.25) is 26.2 Å². The van der Waals surface area contributed by atoms with Crippen molar-refractivity contribution in [2.75, 3.05) is 0 Å². The van der Waals surface area contributed by atoms with Crippen molar-refractivity contribution in [2.24, 2.45) is 0 Å². The summed E-state index contributed by atoms with van der Waals surface area (Å²) in [5, 5.41) is 4.73. The first kappa shape index (κ1) is 13.5. The van der Waals surface area contributed by atoms with Gasteiger partial charge in [-0.2, -0.15) is 0 Å². The van der Waals surface area contributed by atoms with Gasteiger partial charge in [0.05, 0.1) is 26.1 Å². The quantitative estimate of drug-likeness (QED) is 0.630. The average Bonchev–Trinajstić information content (AvgIpc) is 2.86. The molecule has 0 bridgehead atoms. The lowest BCUT2D eigenvalue weighted by molar-refractivity contribution is 1.97. The molecular weight excluding hydrogens is 305 g/mol. The molecule has 2 rings (SSSR count). The van der Waals surface area contributed by atoms with E-state index in [1.165, 1.54) is 8.47 Å². The number of hydrogen-bond acceptors (Lipinski definition) is 4. The highest BCUT2D eigenvalue weighted by molar-refractivity contribution is 8.34. The minimum Gasteiger partial charge on any atom is -0.0898 e. The molecule has 0 saturated carbocycles. The van der Waals surface area contributed by atoms with Gasteiger partial charge in [0.25, 0.3) is 0 Å². The highest BCUT2D eigenvalue weighted by Gasteiger charge is 2.24. The smallest absolute Gasteiger partial charge is 0.0890 e. The van der Waals surface area contributed by atoms with Gasteiger partial charge < -0.3 is 0 Å². The fraction of sp³-hybridized carbons (Fsp3) is 0.400. The van der Waals surface area contributed by atoms with Crippen LogP contribution >= 0.6 is 47.0 Å². The molecular formula is C10H14S4Si2. The van der Waals surface area contributed by atoms with Crippen LogP contribution < -0.4 is 0 Å². The third-order valence-electron chi connectivity index (χ3n) is 2.10. The monoisotopic (exact) mass is 318 g/mol. The summed E-state index contributed by atoms with van der Waals surface area (Å²) in [4.78, 5) is 0. The molecule has 0 nitrogen and oxygen atoms in total. The highest BCUT2D eigenvalue weighted by atomic mass is 32.2. The van der Waals surface area contributed by atoms with Crippen molar-refractivity contribution in [3.8, 4) is 0 Å². The molecule has 2 heterocycles. The highest BCUT2D eigenvalue weighted by Crippen LogP contribution is 2.55. The molecule has 0 unspecified atom stereocenters. The predicted octanol–water partition coefficient (Wildman–Crippen LogP) is 5.34. The standard InChI is InChI=1S/C10H14S4Si2/c1-15(2)7-5-11-9(13-7)10-12-6-8(14-10)16(3)4/h5-6H,1-4H3/b10-9+. The van der Waals surface area contributed by atoms with Crippen LogP contribution in [0.1, 0.15) is 0 Å².